The lowest BCUT2D eigenvalue weighted by Gasteiger charge is -2.31. The largest absolute Gasteiger partial charge is 0.364 e. The van der Waals surface area contributed by atoms with Crippen LogP contribution in [0.5, 0.6) is 0 Å². The number of halogens is 1. The molecule has 25 heavy (non-hydrogen) atoms. The molecule has 1 aliphatic rings. The molecule has 0 aliphatic carbocycles. The Labute approximate surface area is 145 Å². The maximum Gasteiger partial charge on any atom is 0.269 e. The molecule has 0 radical (unpaired) electrons. The lowest BCUT2D eigenvalue weighted by molar-refractivity contribution is 0.0993. The number of aromatic nitrogens is 3. The molecule has 4 rings (SSSR count). The third-order valence-corrected chi connectivity index (χ3v) is 5.42. The second kappa shape index (κ2) is 5.84. The van der Waals surface area contributed by atoms with Crippen molar-refractivity contribution in [1.82, 2.24) is 19.1 Å². The van der Waals surface area contributed by atoms with Crippen molar-refractivity contribution < 1.29 is 9.18 Å². The molecule has 1 fully saturated rings. The number of amides is 1. The summed E-state index contributed by atoms with van der Waals surface area (Å²) in [6, 6.07) is 4.60. The molecule has 7 heteroatoms. The number of carbonyl (C=O) groups excluding carboxylic acids is 1. The predicted octanol–water partition coefficient (Wildman–Crippen LogP) is 2.26. The van der Waals surface area contributed by atoms with Gasteiger partial charge in [0, 0.05) is 12.6 Å². The molecular formula is C18H22FN5O. The first-order valence-electron chi connectivity index (χ1n) is 8.70. The van der Waals surface area contributed by atoms with Crippen LogP contribution in [0.15, 0.2) is 18.2 Å². The maximum absolute atomic E-state index is 13.7. The molecule has 1 aliphatic heterocycles. The molecule has 1 amide bonds. The van der Waals surface area contributed by atoms with Gasteiger partial charge in [0.25, 0.3) is 5.91 Å². The van der Waals surface area contributed by atoms with Crippen molar-refractivity contribution in [3.8, 4) is 0 Å². The number of fused-ring (bicyclic) bond motifs is 3. The van der Waals surface area contributed by atoms with E-state index >= 15 is 0 Å². The second-order valence-corrected chi connectivity index (χ2v) is 6.76. The summed E-state index contributed by atoms with van der Waals surface area (Å²) in [5.41, 5.74) is 9.24. The molecule has 1 saturated heterocycles. The maximum atomic E-state index is 13.7. The van der Waals surface area contributed by atoms with Crippen LogP contribution in [-0.2, 0) is 7.05 Å². The lowest BCUT2D eigenvalue weighted by atomic mass is 9.89. The Bertz CT molecular complexity index is 965. The minimum absolute atomic E-state index is 0.232. The molecule has 0 bridgehead atoms. The van der Waals surface area contributed by atoms with E-state index in [0.29, 0.717) is 5.69 Å². The summed E-state index contributed by atoms with van der Waals surface area (Å²) in [5.74, 6) is -0.563. The van der Waals surface area contributed by atoms with E-state index in [2.05, 4.69) is 16.9 Å². The topological polar surface area (TPSA) is 68.6 Å². The highest BCUT2D eigenvalue weighted by atomic mass is 19.1. The number of imidazole rings is 1. The van der Waals surface area contributed by atoms with E-state index in [1.165, 1.54) is 12.1 Å². The molecule has 3 heterocycles. The molecule has 0 spiro atoms. The number of hydrogen-bond acceptors (Lipinski definition) is 3. The Balaban J connectivity index is 1.93. The average Bonchev–Trinajstić information content (AvgIpc) is 3.12. The molecule has 6 nitrogen and oxygen atoms in total. The van der Waals surface area contributed by atoms with E-state index in [1.807, 2.05) is 11.6 Å². The summed E-state index contributed by atoms with van der Waals surface area (Å²) in [6.07, 6.45) is 1.93. The number of carbonyl (C=O) groups is 1. The standard InChI is InChI=1S/C18H22FN5O/c1-3-23-8-6-11(7-9-23)15-16(17(20)25)21-24-13-5-4-12(19)10-14(13)22(2)18(15)24/h4-5,10-11H,3,6-9H2,1-2H3,(H2,20,25). The predicted molar refractivity (Wildman–Crippen MR) is 94.2 cm³/mol. The van der Waals surface area contributed by atoms with Crippen LogP contribution >= 0.6 is 0 Å². The number of rotatable bonds is 3. The highest BCUT2D eigenvalue weighted by Gasteiger charge is 2.30. The van der Waals surface area contributed by atoms with E-state index in [1.54, 1.807) is 10.6 Å². The minimum Gasteiger partial charge on any atom is -0.364 e. The van der Waals surface area contributed by atoms with Gasteiger partial charge in [0.2, 0.25) is 0 Å². The summed E-state index contributed by atoms with van der Waals surface area (Å²) >= 11 is 0. The highest BCUT2D eigenvalue weighted by Crippen LogP contribution is 2.35. The first-order chi connectivity index (χ1) is 12.0. The van der Waals surface area contributed by atoms with Crippen LogP contribution < -0.4 is 5.73 Å². The zero-order valence-electron chi connectivity index (χ0n) is 14.5. The lowest BCUT2D eigenvalue weighted by Crippen LogP contribution is -2.33. The number of piperidine rings is 1. The third-order valence-electron chi connectivity index (χ3n) is 5.42. The number of aryl methyl sites for hydroxylation is 1. The minimum atomic E-state index is -0.508. The second-order valence-electron chi connectivity index (χ2n) is 6.76. The third kappa shape index (κ3) is 2.41. The summed E-state index contributed by atoms with van der Waals surface area (Å²) in [7, 11) is 1.88. The van der Waals surface area contributed by atoms with Gasteiger partial charge in [-0.05, 0) is 56.6 Å². The van der Waals surface area contributed by atoms with Gasteiger partial charge in [-0.1, -0.05) is 6.92 Å². The number of primary amides is 1. The van der Waals surface area contributed by atoms with Crippen molar-refractivity contribution >= 4 is 22.6 Å². The van der Waals surface area contributed by atoms with Crippen molar-refractivity contribution in [1.29, 1.82) is 0 Å². The number of hydrogen-bond donors (Lipinski definition) is 1. The summed E-state index contributed by atoms with van der Waals surface area (Å²) < 4.78 is 17.3. The van der Waals surface area contributed by atoms with E-state index in [-0.39, 0.29) is 11.7 Å². The van der Waals surface area contributed by atoms with Gasteiger partial charge in [-0.3, -0.25) is 4.79 Å². The fourth-order valence-electron chi connectivity index (χ4n) is 4.07. The zero-order valence-corrected chi connectivity index (χ0v) is 14.5. The number of benzene rings is 1. The van der Waals surface area contributed by atoms with Gasteiger partial charge in [0.15, 0.2) is 5.69 Å². The van der Waals surface area contributed by atoms with Crippen LogP contribution in [0, 0.1) is 5.82 Å². The fraction of sp³-hybridized carbons (Fsp3) is 0.444. The first kappa shape index (κ1) is 16.1. The van der Waals surface area contributed by atoms with Gasteiger partial charge in [-0.2, -0.15) is 5.10 Å². The Hall–Kier alpha value is -2.41. The molecule has 3 aromatic rings. The van der Waals surface area contributed by atoms with Crippen molar-refractivity contribution in [3.05, 3.63) is 35.3 Å². The normalized spacial score (nSPS) is 16.9. The van der Waals surface area contributed by atoms with Gasteiger partial charge in [0.05, 0.1) is 11.0 Å². The van der Waals surface area contributed by atoms with Crippen molar-refractivity contribution in [2.45, 2.75) is 25.7 Å². The van der Waals surface area contributed by atoms with Crippen molar-refractivity contribution in [3.63, 3.8) is 0 Å². The monoisotopic (exact) mass is 343 g/mol. The Morgan fingerprint density at radius 3 is 2.68 bits per heavy atom. The van der Waals surface area contributed by atoms with E-state index in [9.17, 15) is 9.18 Å². The van der Waals surface area contributed by atoms with Crippen LogP contribution in [0.1, 0.15) is 41.7 Å². The van der Waals surface area contributed by atoms with Crippen LogP contribution in [0.3, 0.4) is 0 Å². The summed E-state index contributed by atoms with van der Waals surface area (Å²) in [5, 5.41) is 4.49. The summed E-state index contributed by atoms with van der Waals surface area (Å²) in [6.45, 7) is 5.18. The van der Waals surface area contributed by atoms with Crippen molar-refractivity contribution in [2.24, 2.45) is 12.8 Å². The van der Waals surface area contributed by atoms with E-state index in [4.69, 9.17) is 5.73 Å². The molecule has 0 saturated carbocycles. The van der Waals surface area contributed by atoms with Crippen LogP contribution in [0.4, 0.5) is 4.39 Å². The average molecular weight is 343 g/mol. The SMILES string of the molecule is CCN1CCC(c2c(C(N)=O)nn3c4ccc(F)cc4n(C)c23)CC1. The quantitative estimate of drug-likeness (QED) is 0.793. The molecule has 2 aromatic heterocycles. The van der Waals surface area contributed by atoms with Gasteiger partial charge >= 0.3 is 0 Å². The zero-order chi connectivity index (χ0) is 17.7. The molecule has 132 valence electrons. The summed E-state index contributed by atoms with van der Waals surface area (Å²) in [4.78, 5) is 14.4. The molecule has 1 aromatic carbocycles. The Morgan fingerprint density at radius 1 is 1.32 bits per heavy atom. The van der Waals surface area contributed by atoms with Crippen LogP contribution in [0.2, 0.25) is 0 Å². The highest BCUT2D eigenvalue weighted by molar-refractivity contribution is 5.96. The fourth-order valence-corrected chi connectivity index (χ4v) is 4.07. The Morgan fingerprint density at radius 2 is 2.04 bits per heavy atom. The van der Waals surface area contributed by atoms with Crippen LogP contribution in [-0.4, -0.2) is 44.6 Å². The number of likely N-dealkylation sites (tertiary alicyclic amines) is 1. The number of nitrogens with two attached hydrogens (primary N) is 1. The van der Waals surface area contributed by atoms with Gasteiger partial charge in [0.1, 0.15) is 11.5 Å². The number of nitrogens with zero attached hydrogens (tertiary/aromatic N) is 4. The molecule has 0 atom stereocenters. The molecule has 0 unspecified atom stereocenters. The van der Waals surface area contributed by atoms with E-state index in [0.717, 1.165) is 54.7 Å². The first-order valence-corrected chi connectivity index (χ1v) is 8.70. The van der Waals surface area contributed by atoms with Gasteiger partial charge in [-0.15, -0.1) is 0 Å². The van der Waals surface area contributed by atoms with E-state index < -0.39 is 5.91 Å². The smallest absolute Gasteiger partial charge is 0.269 e. The van der Waals surface area contributed by atoms with Crippen LogP contribution in [0.25, 0.3) is 16.7 Å². The van der Waals surface area contributed by atoms with Gasteiger partial charge < -0.3 is 15.2 Å². The van der Waals surface area contributed by atoms with Crippen molar-refractivity contribution in [2.75, 3.05) is 19.6 Å². The van der Waals surface area contributed by atoms with Gasteiger partial charge in [-0.25, -0.2) is 8.91 Å². The molecule has 2 N–H and O–H groups in total. The molecular weight excluding hydrogens is 321 g/mol. The Kier molecular flexibility index (Phi) is 3.76.